The molecule has 0 aromatic carbocycles. The third-order valence-corrected chi connectivity index (χ3v) is 5.80. The maximum Gasteiger partial charge on any atom is 0.137 e. The quantitative estimate of drug-likeness (QED) is 0.704. The third kappa shape index (κ3) is 1.60. The lowest BCUT2D eigenvalue weighted by Crippen LogP contribution is -2.32. The maximum absolute atomic E-state index is 12.4. The van der Waals surface area contributed by atoms with Crippen molar-refractivity contribution in [3.05, 3.63) is 35.3 Å². The first kappa shape index (κ1) is 12.4. The lowest BCUT2D eigenvalue weighted by molar-refractivity contribution is -0.120. The molecule has 4 rings (SSSR count). The zero-order valence-electron chi connectivity index (χ0n) is 12.3. The van der Waals surface area contributed by atoms with Crippen LogP contribution in [0.15, 0.2) is 34.0 Å². The predicted molar refractivity (Wildman–Crippen MR) is 77.3 cm³/mol. The Morgan fingerprint density at radius 3 is 2.85 bits per heavy atom. The van der Waals surface area contributed by atoms with Crippen molar-refractivity contribution in [2.75, 3.05) is 0 Å². The van der Waals surface area contributed by atoms with E-state index in [0.717, 1.165) is 18.6 Å². The Morgan fingerprint density at radius 1 is 1.25 bits per heavy atom. The summed E-state index contributed by atoms with van der Waals surface area (Å²) in [5.74, 6) is 2.37. The van der Waals surface area contributed by atoms with E-state index in [9.17, 15) is 4.79 Å². The van der Waals surface area contributed by atoms with E-state index in [1.165, 1.54) is 19.3 Å². The van der Waals surface area contributed by atoms with Crippen LogP contribution in [-0.2, 0) is 4.79 Å². The molecular weight excluding hydrogens is 248 g/mol. The zero-order chi connectivity index (χ0) is 13.9. The second-order valence-corrected chi connectivity index (χ2v) is 7.38. The smallest absolute Gasteiger partial charge is 0.137 e. The summed E-state index contributed by atoms with van der Waals surface area (Å²) in [6, 6.07) is 4.01. The van der Waals surface area contributed by atoms with Gasteiger partial charge in [-0.2, -0.15) is 0 Å². The van der Waals surface area contributed by atoms with E-state index in [1.807, 2.05) is 6.07 Å². The molecule has 1 heterocycles. The molecule has 1 aromatic heterocycles. The van der Waals surface area contributed by atoms with Gasteiger partial charge in [-0.25, -0.2) is 0 Å². The van der Waals surface area contributed by atoms with E-state index in [0.29, 0.717) is 17.6 Å². The average molecular weight is 270 g/mol. The molecule has 2 bridgehead atoms. The summed E-state index contributed by atoms with van der Waals surface area (Å²) < 4.78 is 5.68. The Balaban J connectivity index is 1.83. The van der Waals surface area contributed by atoms with Gasteiger partial charge in [0.2, 0.25) is 0 Å². The van der Waals surface area contributed by atoms with Gasteiger partial charge in [0.1, 0.15) is 11.5 Å². The van der Waals surface area contributed by atoms with E-state index in [-0.39, 0.29) is 11.3 Å². The van der Waals surface area contributed by atoms with Crippen LogP contribution < -0.4 is 0 Å². The van der Waals surface area contributed by atoms with Gasteiger partial charge in [-0.05, 0) is 49.1 Å². The highest BCUT2D eigenvalue weighted by atomic mass is 16.3. The topological polar surface area (TPSA) is 30.2 Å². The molecule has 1 saturated carbocycles. The van der Waals surface area contributed by atoms with Crippen molar-refractivity contribution in [1.29, 1.82) is 0 Å². The molecule has 106 valence electrons. The molecule has 0 spiro atoms. The van der Waals surface area contributed by atoms with Gasteiger partial charge in [-0.15, -0.1) is 0 Å². The molecule has 1 aromatic rings. The summed E-state index contributed by atoms with van der Waals surface area (Å²) in [6.45, 7) is 4.73. The second kappa shape index (κ2) is 4.09. The van der Waals surface area contributed by atoms with Gasteiger partial charge in [-0.1, -0.05) is 25.0 Å². The molecule has 0 saturated heterocycles. The van der Waals surface area contributed by atoms with Crippen molar-refractivity contribution in [1.82, 2.24) is 0 Å². The minimum absolute atomic E-state index is 0.179. The molecule has 0 radical (unpaired) electrons. The molecule has 3 atom stereocenters. The summed E-state index contributed by atoms with van der Waals surface area (Å²) in [5.41, 5.74) is 3.47. The highest BCUT2D eigenvalue weighted by Crippen LogP contribution is 2.59. The van der Waals surface area contributed by atoms with Crippen molar-refractivity contribution in [3.8, 4) is 0 Å². The first-order chi connectivity index (χ1) is 9.58. The number of furan rings is 1. The Morgan fingerprint density at radius 2 is 2.10 bits per heavy atom. The van der Waals surface area contributed by atoms with Crippen LogP contribution >= 0.6 is 0 Å². The van der Waals surface area contributed by atoms with Crippen molar-refractivity contribution in [3.63, 3.8) is 0 Å². The predicted octanol–water partition coefficient (Wildman–Crippen LogP) is 4.48. The highest BCUT2D eigenvalue weighted by Gasteiger charge is 2.53. The van der Waals surface area contributed by atoms with Crippen LogP contribution in [0.1, 0.15) is 57.6 Å². The summed E-state index contributed by atoms with van der Waals surface area (Å²) in [5, 5.41) is 0. The highest BCUT2D eigenvalue weighted by molar-refractivity contribution is 5.87. The molecular formula is C18H22O2. The number of carbonyl (C=O) groups is 1. The minimum atomic E-state index is 0.179. The first-order valence-corrected chi connectivity index (χ1v) is 7.86. The summed E-state index contributed by atoms with van der Waals surface area (Å²) in [6.07, 6.45) is 7.22. The van der Waals surface area contributed by atoms with Crippen LogP contribution in [0.4, 0.5) is 0 Å². The average Bonchev–Trinajstić information content (AvgIpc) is 2.96. The molecule has 3 aliphatic carbocycles. The zero-order valence-corrected chi connectivity index (χ0v) is 12.3. The van der Waals surface area contributed by atoms with Gasteiger partial charge in [0.05, 0.1) is 6.26 Å². The van der Waals surface area contributed by atoms with Gasteiger partial charge in [0.15, 0.2) is 0 Å². The Labute approximate surface area is 120 Å². The fourth-order valence-corrected chi connectivity index (χ4v) is 5.11. The Bertz CT molecular complexity index is 577. The van der Waals surface area contributed by atoms with Crippen LogP contribution in [0.2, 0.25) is 0 Å². The number of hydrogen-bond donors (Lipinski definition) is 0. The number of allylic oxidation sites excluding steroid dienone is 2. The Hall–Kier alpha value is -1.31. The fraction of sp³-hybridized carbons (Fsp3) is 0.611. The number of carbonyl (C=O) groups excluding carboxylic acids is 1. The third-order valence-electron chi connectivity index (χ3n) is 5.80. The van der Waals surface area contributed by atoms with E-state index >= 15 is 0 Å². The molecule has 1 fully saturated rings. The van der Waals surface area contributed by atoms with Crippen molar-refractivity contribution >= 4 is 5.78 Å². The number of Topliss-reactive ketones (excluding diaryl/α,β-unsaturated/α-hetero) is 1. The van der Waals surface area contributed by atoms with Gasteiger partial charge >= 0.3 is 0 Å². The number of rotatable bonds is 1. The molecule has 3 aliphatic rings. The second-order valence-electron chi connectivity index (χ2n) is 7.38. The molecule has 2 heteroatoms. The molecule has 0 N–H and O–H groups in total. The standard InChI is InChI=1S/C18H22O2/c1-18(2)7-3-5-11-9-12-14(19)10-13(17(11)18)16(12)15-6-4-8-20-15/h4,6,8,12-13,16H,3,5,7,9-10H2,1-2H3/t12-,13+,16+/m0/s1. The summed E-state index contributed by atoms with van der Waals surface area (Å²) >= 11 is 0. The van der Waals surface area contributed by atoms with Gasteiger partial charge in [0, 0.05) is 18.3 Å². The SMILES string of the molecule is CC1(C)CCCC2=C1[C@@H]1CC(=O)[C@H](C2)[C@H]1c1ccco1. The van der Waals surface area contributed by atoms with Crippen LogP contribution in [0.3, 0.4) is 0 Å². The fourth-order valence-electron chi connectivity index (χ4n) is 5.11. The van der Waals surface area contributed by atoms with E-state index in [1.54, 1.807) is 17.4 Å². The summed E-state index contributed by atoms with van der Waals surface area (Å²) in [7, 11) is 0. The molecule has 0 aliphatic heterocycles. The number of hydrogen-bond acceptors (Lipinski definition) is 2. The van der Waals surface area contributed by atoms with Crippen LogP contribution in [-0.4, -0.2) is 5.78 Å². The van der Waals surface area contributed by atoms with E-state index < -0.39 is 0 Å². The lowest BCUT2D eigenvalue weighted by Gasteiger charge is -2.43. The van der Waals surface area contributed by atoms with Crippen LogP contribution in [0.25, 0.3) is 0 Å². The van der Waals surface area contributed by atoms with Crippen molar-refractivity contribution < 1.29 is 9.21 Å². The van der Waals surface area contributed by atoms with Gasteiger partial charge in [0.25, 0.3) is 0 Å². The molecule has 2 nitrogen and oxygen atoms in total. The van der Waals surface area contributed by atoms with Crippen LogP contribution in [0.5, 0.6) is 0 Å². The van der Waals surface area contributed by atoms with E-state index in [4.69, 9.17) is 4.42 Å². The Kier molecular flexibility index (Phi) is 2.55. The largest absolute Gasteiger partial charge is 0.469 e. The van der Waals surface area contributed by atoms with Gasteiger partial charge < -0.3 is 4.42 Å². The minimum Gasteiger partial charge on any atom is -0.469 e. The monoisotopic (exact) mass is 270 g/mol. The normalized spacial score (nSPS) is 35.3. The van der Waals surface area contributed by atoms with Crippen molar-refractivity contribution in [2.45, 2.75) is 51.9 Å². The van der Waals surface area contributed by atoms with Gasteiger partial charge in [-0.3, -0.25) is 4.79 Å². The lowest BCUT2D eigenvalue weighted by atomic mass is 9.61. The summed E-state index contributed by atoms with van der Waals surface area (Å²) in [4.78, 5) is 12.4. The first-order valence-electron chi connectivity index (χ1n) is 7.86. The number of ketones is 1. The van der Waals surface area contributed by atoms with Crippen LogP contribution in [0, 0.1) is 17.3 Å². The van der Waals surface area contributed by atoms with E-state index in [2.05, 4.69) is 19.9 Å². The number of fused-ring (bicyclic) bond motifs is 3. The maximum atomic E-state index is 12.4. The van der Waals surface area contributed by atoms with Crippen molar-refractivity contribution in [2.24, 2.45) is 17.3 Å². The molecule has 0 amide bonds. The molecule has 20 heavy (non-hydrogen) atoms. The molecule has 0 unspecified atom stereocenters.